The molecule has 1 saturated heterocycles. The number of urea groups is 1. The van der Waals surface area contributed by atoms with E-state index in [0.29, 0.717) is 0 Å². The molecule has 1 aromatic carbocycles. The van der Waals surface area contributed by atoms with E-state index in [-0.39, 0.29) is 6.03 Å². The first-order valence-corrected chi connectivity index (χ1v) is 7.70. The van der Waals surface area contributed by atoms with Crippen LogP contribution in [-0.4, -0.2) is 30.6 Å². The molecule has 0 radical (unpaired) electrons. The molecule has 20 heavy (non-hydrogen) atoms. The van der Waals surface area contributed by atoms with Gasteiger partial charge in [0.05, 0.1) is 0 Å². The molecule has 108 valence electrons. The SMILES string of the molecule is Nc1ccc2c(c1)CCCN2C(=O)N1CCCCCC1. The van der Waals surface area contributed by atoms with E-state index >= 15 is 0 Å². The van der Waals surface area contributed by atoms with Crippen molar-refractivity contribution in [2.75, 3.05) is 30.3 Å². The van der Waals surface area contributed by atoms with Crippen molar-refractivity contribution in [3.8, 4) is 0 Å². The molecular weight excluding hydrogens is 250 g/mol. The molecule has 2 aliphatic rings. The normalized spacial score (nSPS) is 19.4. The third-order valence-corrected chi connectivity index (χ3v) is 4.33. The quantitative estimate of drug-likeness (QED) is 0.739. The Balaban J connectivity index is 1.82. The monoisotopic (exact) mass is 273 g/mol. The molecule has 0 spiro atoms. The second kappa shape index (κ2) is 5.73. The summed E-state index contributed by atoms with van der Waals surface area (Å²) >= 11 is 0. The second-order valence-electron chi connectivity index (χ2n) is 5.83. The fraction of sp³-hybridized carbons (Fsp3) is 0.562. The molecule has 2 heterocycles. The summed E-state index contributed by atoms with van der Waals surface area (Å²) in [5, 5.41) is 0. The predicted octanol–water partition coefficient (Wildman–Crippen LogP) is 3.02. The Bertz CT molecular complexity index is 492. The first-order valence-electron chi connectivity index (χ1n) is 7.70. The summed E-state index contributed by atoms with van der Waals surface area (Å²) < 4.78 is 0. The summed E-state index contributed by atoms with van der Waals surface area (Å²) in [6.45, 7) is 2.63. The van der Waals surface area contributed by atoms with Crippen molar-refractivity contribution in [3.05, 3.63) is 23.8 Å². The first-order chi connectivity index (χ1) is 9.75. The van der Waals surface area contributed by atoms with Crippen LogP contribution in [0, 0.1) is 0 Å². The Morgan fingerprint density at radius 2 is 1.75 bits per heavy atom. The molecule has 4 nitrogen and oxygen atoms in total. The van der Waals surface area contributed by atoms with Gasteiger partial charge in [-0.05, 0) is 49.4 Å². The van der Waals surface area contributed by atoms with Gasteiger partial charge in [0.15, 0.2) is 0 Å². The van der Waals surface area contributed by atoms with E-state index in [9.17, 15) is 4.79 Å². The lowest BCUT2D eigenvalue weighted by atomic mass is 10.0. The van der Waals surface area contributed by atoms with Crippen molar-refractivity contribution in [3.63, 3.8) is 0 Å². The van der Waals surface area contributed by atoms with Crippen molar-refractivity contribution in [2.24, 2.45) is 0 Å². The summed E-state index contributed by atoms with van der Waals surface area (Å²) in [6.07, 6.45) is 6.80. The summed E-state index contributed by atoms with van der Waals surface area (Å²) in [5.41, 5.74) is 8.90. The average Bonchev–Trinajstić information content (AvgIpc) is 2.74. The number of aryl methyl sites for hydroxylation is 1. The lowest BCUT2D eigenvalue weighted by molar-refractivity contribution is 0.206. The summed E-state index contributed by atoms with van der Waals surface area (Å²) in [6, 6.07) is 6.08. The number of fused-ring (bicyclic) bond motifs is 1. The highest BCUT2D eigenvalue weighted by Gasteiger charge is 2.26. The van der Waals surface area contributed by atoms with E-state index in [1.807, 2.05) is 28.0 Å². The minimum absolute atomic E-state index is 0.178. The zero-order valence-corrected chi connectivity index (χ0v) is 12.0. The molecule has 0 bridgehead atoms. The van der Waals surface area contributed by atoms with Gasteiger partial charge in [0, 0.05) is 31.0 Å². The van der Waals surface area contributed by atoms with Gasteiger partial charge in [-0.25, -0.2) is 4.79 Å². The number of nitrogen functional groups attached to an aromatic ring is 1. The van der Waals surface area contributed by atoms with E-state index in [1.54, 1.807) is 0 Å². The summed E-state index contributed by atoms with van der Waals surface area (Å²) in [7, 11) is 0. The minimum atomic E-state index is 0.178. The van der Waals surface area contributed by atoms with E-state index in [4.69, 9.17) is 5.73 Å². The van der Waals surface area contributed by atoms with Gasteiger partial charge in [-0.2, -0.15) is 0 Å². The highest BCUT2D eigenvalue weighted by atomic mass is 16.2. The van der Waals surface area contributed by atoms with Crippen LogP contribution in [0.25, 0.3) is 0 Å². The smallest absolute Gasteiger partial charge is 0.324 e. The predicted molar refractivity (Wildman–Crippen MR) is 82.0 cm³/mol. The largest absolute Gasteiger partial charge is 0.399 e. The lowest BCUT2D eigenvalue weighted by Crippen LogP contribution is -2.45. The number of likely N-dealkylation sites (tertiary alicyclic amines) is 1. The number of hydrogen-bond donors (Lipinski definition) is 1. The fourth-order valence-corrected chi connectivity index (χ4v) is 3.25. The highest BCUT2D eigenvalue weighted by Crippen LogP contribution is 2.30. The maximum atomic E-state index is 12.8. The molecule has 0 aliphatic carbocycles. The zero-order valence-electron chi connectivity index (χ0n) is 12.0. The Morgan fingerprint density at radius 3 is 2.50 bits per heavy atom. The Kier molecular flexibility index (Phi) is 3.81. The van der Waals surface area contributed by atoms with Crippen LogP contribution in [0.2, 0.25) is 0 Å². The Labute approximate surface area is 120 Å². The molecule has 1 fully saturated rings. The third-order valence-electron chi connectivity index (χ3n) is 4.33. The number of benzene rings is 1. The number of hydrogen-bond acceptors (Lipinski definition) is 2. The average molecular weight is 273 g/mol. The topological polar surface area (TPSA) is 49.6 Å². The maximum Gasteiger partial charge on any atom is 0.324 e. The highest BCUT2D eigenvalue weighted by molar-refractivity contribution is 5.93. The molecule has 0 saturated carbocycles. The van der Waals surface area contributed by atoms with Gasteiger partial charge in [-0.15, -0.1) is 0 Å². The molecule has 4 heteroatoms. The maximum absolute atomic E-state index is 12.8. The van der Waals surface area contributed by atoms with Gasteiger partial charge in [0.2, 0.25) is 0 Å². The van der Waals surface area contributed by atoms with Crippen molar-refractivity contribution in [1.29, 1.82) is 0 Å². The number of anilines is 2. The molecule has 3 rings (SSSR count). The van der Waals surface area contributed by atoms with E-state index in [0.717, 1.165) is 56.7 Å². The van der Waals surface area contributed by atoms with Gasteiger partial charge in [-0.1, -0.05) is 12.8 Å². The zero-order chi connectivity index (χ0) is 13.9. The van der Waals surface area contributed by atoms with Crippen LogP contribution in [0.5, 0.6) is 0 Å². The van der Waals surface area contributed by atoms with Crippen LogP contribution >= 0.6 is 0 Å². The van der Waals surface area contributed by atoms with Crippen molar-refractivity contribution < 1.29 is 4.79 Å². The molecule has 2 aliphatic heterocycles. The standard InChI is InChI=1S/C16H23N3O/c17-14-7-8-15-13(12-14)6-5-11-19(15)16(20)18-9-3-1-2-4-10-18/h7-8,12H,1-6,9-11,17H2. The molecule has 0 unspecified atom stereocenters. The number of carbonyl (C=O) groups is 1. The van der Waals surface area contributed by atoms with Crippen molar-refractivity contribution in [2.45, 2.75) is 38.5 Å². The number of nitrogens with two attached hydrogens (primary N) is 1. The Hall–Kier alpha value is -1.71. The van der Waals surface area contributed by atoms with Crippen LogP contribution in [0.3, 0.4) is 0 Å². The number of carbonyl (C=O) groups excluding carboxylic acids is 1. The van der Waals surface area contributed by atoms with Gasteiger partial charge < -0.3 is 10.6 Å². The van der Waals surface area contributed by atoms with E-state index < -0.39 is 0 Å². The van der Waals surface area contributed by atoms with Crippen LogP contribution in [0.1, 0.15) is 37.7 Å². The van der Waals surface area contributed by atoms with Gasteiger partial charge in [0.1, 0.15) is 0 Å². The summed E-state index contributed by atoms with van der Waals surface area (Å²) in [5.74, 6) is 0. The molecule has 2 N–H and O–H groups in total. The van der Waals surface area contributed by atoms with E-state index in [1.165, 1.54) is 18.4 Å². The van der Waals surface area contributed by atoms with Crippen LogP contribution in [0.4, 0.5) is 16.2 Å². The Morgan fingerprint density at radius 1 is 1.00 bits per heavy atom. The number of nitrogens with zero attached hydrogens (tertiary/aromatic N) is 2. The fourth-order valence-electron chi connectivity index (χ4n) is 3.25. The van der Waals surface area contributed by atoms with Gasteiger partial charge in [-0.3, -0.25) is 4.90 Å². The minimum Gasteiger partial charge on any atom is -0.399 e. The van der Waals surface area contributed by atoms with Gasteiger partial charge >= 0.3 is 6.03 Å². The second-order valence-corrected chi connectivity index (χ2v) is 5.83. The van der Waals surface area contributed by atoms with Crippen LogP contribution in [-0.2, 0) is 6.42 Å². The van der Waals surface area contributed by atoms with Crippen LogP contribution in [0.15, 0.2) is 18.2 Å². The lowest BCUT2D eigenvalue weighted by Gasteiger charge is -2.34. The van der Waals surface area contributed by atoms with Crippen molar-refractivity contribution >= 4 is 17.4 Å². The molecule has 1 aromatic rings. The van der Waals surface area contributed by atoms with E-state index in [2.05, 4.69) is 0 Å². The first kappa shape index (κ1) is 13.3. The van der Waals surface area contributed by atoms with Crippen molar-refractivity contribution in [1.82, 2.24) is 4.90 Å². The number of rotatable bonds is 0. The molecular formula is C16H23N3O. The van der Waals surface area contributed by atoms with Gasteiger partial charge in [0.25, 0.3) is 0 Å². The molecule has 0 aromatic heterocycles. The van der Waals surface area contributed by atoms with Crippen LogP contribution < -0.4 is 10.6 Å². The third kappa shape index (κ3) is 2.60. The summed E-state index contributed by atoms with van der Waals surface area (Å²) in [4.78, 5) is 16.7. The molecule has 0 atom stereocenters. The molecule has 2 amide bonds. The number of amides is 2.